The van der Waals surface area contributed by atoms with Crippen LogP contribution in [0.3, 0.4) is 0 Å². The Hall–Kier alpha value is -2.52. The highest BCUT2D eigenvalue weighted by atomic mass is 35.5. The predicted molar refractivity (Wildman–Crippen MR) is 97.5 cm³/mol. The van der Waals surface area contributed by atoms with Crippen LogP contribution in [0.25, 0.3) is 0 Å². The number of ether oxygens (including phenoxy) is 1. The lowest BCUT2D eigenvalue weighted by molar-refractivity contribution is -0.384. The molecule has 0 saturated carbocycles. The first-order chi connectivity index (χ1) is 12.6. The molecule has 0 aliphatic carbocycles. The Morgan fingerprint density at radius 1 is 1.22 bits per heavy atom. The van der Waals surface area contributed by atoms with Gasteiger partial charge >= 0.3 is 6.18 Å². The summed E-state index contributed by atoms with van der Waals surface area (Å²) in [5.74, 6) is -0.103. The molecule has 0 spiro atoms. The number of alkyl halides is 3. The molecular formula is C16H12Cl2F3N3O3. The molecule has 11 heteroatoms. The van der Waals surface area contributed by atoms with Crippen molar-refractivity contribution < 1.29 is 22.8 Å². The number of benzene rings is 2. The van der Waals surface area contributed by atoms with Gasteiger partial charge in [-0.2, -0.15) is 13.2 Å². The molecule has 0 aromatic heterocycles. The van der Waals surface area contributed by atoms with Gasteiger partial charge in [-0.25, -0.2) is 0 Å². The summed E-state index contributed by atoms with van der Waals surface area (Å²) in [7, 11) is 2.97. The lowest BCUT2D eigenvalue weighted by Gasteiger charge is -2.18. The van der Waals surface area contributed by atoms with Gasteiger partial charge in [-0.15, -0.1) is 0 Å². The van der Waals surface area contributed by atoms with E-state index in [2.05, 4.69) is 4.99 Å². The van der Waals surface area contributed by atoms with E-state index in [1.54, 1.807) is 0 Å². The van der Waals surface area contributed by atoms with Gasteiger partial charge in [0.2, 0.25) is 0 Å². The molecule has 6 nitrogen and oxygen atoms in total. The number of anilines is 1. The van der Waals surface area contributed by atoms with Gasteiger partial charge in [0.15, 0.2) is 0 Å². The van der Waals surface area contributed by atoms with Crippen LogP contribution in [-0.2, 0) is 6.18 Å². The third kappa shape index (κ3) is 4.61. The maximum atomic E-state index is 12.7. The van der Waals surface area contributed by atoms with Crippen LogP contribution < -0.4 is 9.64 Å². The van der Waals surface area contributed by atoms with Crippen molar-refractivity contribution in [3.8, 4) is 11.5 Å². The van der Waals surface area contributed by atoms with Crippen LogP contribution in [0, 0.1) is 10.1 Å². The van der Waals surface area contributed by atoms with Crippen LogP contribution in [-0.4, -0.2) is 25.4 Å². The zero-order valence-electron chi connectivity index (χ0n) is 13.9. The van der Waals surface area contributed by atoms with E-state index < -0.39 is 16.7 Å². The number of aliphatic imine (C=N–C) groups is 1. The number of halogens is 5. The average molecular weight is 422 g/mol. The van der Waals surface area contributed by atoms with E-state index in [0.717, 1.165) is 18.2 Å². The number of nitrogens with zero attached hydrogens (tertiary/aromatic N) is 3. The fraction of sp³-hybridized carbons (Fsp3) is 0.188. The first kappa shape index (κ1) is 20.8. The molecule has 144 valence electrons. The minimum atomic E-state index is -4.55. The smallest absolute Gasteiger partial charge is 0.416 e. The second-order valence-corrected chi connectivity index (χ2v) is 6.02. The fourth-order valence-electron chi connectivity index (χ4n) is 2.21. The molecule has 0 saturated heterocycles. The Labute approximate surface area is 161 Å². The van der Waals surface area contributed by atoms with Gasteiger partial charge in [-0.1, -0.05) is 23.2 Å². The van der Waals surface area contributed by atoms with Gasteiger partial charge in [-0.05, 0) is 24.3 Å². The summed E-state index contributed by atoms with van der Waals surface area (Å²) in [5, 5.41) is 10.8. The van der Waals surface area contributed by atoms with E-state index in [1.165, 1.54) is 31.4 Å². The Kier molecular flexibility index (Phi) is 6.17. The summed E-state index contributed by atoms with van der Waals surface area (Å²) < 4.78 is 43.7. The minimum absolute atomic E-state index is 0.00722. The lowest BCUT2D eigenvalue weighted by atomic mass is 10.2. The molecule has 0 atom stereocenters. The van der Waals surface area contributed by atoms with Gasteiger partial charge in [0.1, 0.15) is 22.2 Å². The third-order valence-corrected chi connectivity index (χ3v) is 4.04. The van der Waals surface area contributed by atoms with Gasteiger partial charge < -0.3 is 9.64 Å². The fourth-order valence-corrected chi connectivity index (χ4v) is 2.76. The Balaban J connectivity index is 2.49. The van der Waals surface area contributed by atoms with Crippen molar-refractivity contribution in [2.45, 2.75) is 6.18 Å². The standard InChI is InChI=1S/C16H12Cl2F3N3O3/c1-22-8-23(2)15-11(24(25)26)4-6-13(14(15)18)27-12-5-3-9(7-10(12)17)16(19,20)21/h3-8H,1-2H3. The molecule has 0 aliphatic rings. The molecule has 2 aromatic carbocycles. The molecule has 0 aliphatic heterocycles. The summed E-state index contributed by atoms with van der Waals surface area (Å²) in [5.41, 5.74) is -1.23. The number of rotatable bonds is 5. The average Bonchev–Trinajstić information content (AvgIpc) is 2.56. The number of nitro benzene ring substituents is 1. The van der Waals surface area contributed by atoms with E-state index in [0.29, 0.717) is 6.07 Å². The highest BCUT2D eigenvalue weighted by molar-refractivity contribution is 6.36. The van der Waals surface area contributed by atoms with Crippen molar-refractivity contribution in [2.75, 3.05) is 19.0 Å². The minimum Gasteiger partial charge on any atom is -0.454 e. The largest absolute Gasteiger partial charge is 0.454 e. The number of hydrogen-bond acceptors (Lipinski definition) is 4. The molecule has 0 heterocycles. The normalized spacial score (nSPS) is 11.7. The lowest BCUT2D eigenvalue weighted by Crippen LogP contribution is -2.16. The van der Waals surface area contributed by atoms with Crippen molar-refractivity contribution in [1.82, 2.24) is 0 Å². The molecule has 0 fully saturated rings. The van der Waals surface area contributed by atoms with Crippen molar-refractivity contribution in [2.24, 2.45) is 4.99 Å². The Bertz CT molecular complexity index is 904. The van der Waals surface area contributed by atoms with Crippen LogP contribution in [0.1, 0.15) is 5.56 Å². The second-order valence-electron chi connectivity index (χ2n) is 5.23. The molecule has 0 amide bonds. The van der Waals surface area contributed by atoms with Crippen molar-refractivity contribution in [3.05, 3.63) is 56.1 Å². The summed E-state index contributed by atoms with van der Waals surface area (Å²) in [4.78, 5) is 15.7. The van der Waals surface area contributed by atoms with Crippen LogP contribution in [0.2, 0.25) is 10.0 Å². The highest BCUT2D eigenvalue weighted by Gasteiger charge is 2.31. The number of nitro groups is 1. The summed E-state index contributed by atoms with van der Waals surface area (Å²) in [6.45, 7) is 0. The molecular weight excluding hydrogens is 410 g/mol. The Morgan fingerprint density at radius 2 is 1.85 bits per heavy atom. The van der Waals surface area contributed by atoms with E-state index in [9.17, 15) is 23.3 Å². The monoisotopic (exact) mass is 421 g/mol. The van der Waals surface area contributed by atoms with Crippen molar-refractivity contribution >= 4 is 40.9 Å². The van der Waals surface area contributed by atoms with Crippen molar-refractivity contribution in [1.29, 1.82) is 0 Å². The molecule has 0 bridgehead atoms. The van der Waals surface area contributed by atoms with Crippen molar-refractivity contribution in [3.63, 3.8) is 0 Å². The summed E-state index contributed by atoms with van der Waals surface area (Å²) >= 11 is 12.1. The molecule has 2 rings (SSSR count). The highest BCUT2D eigenvalue weighted by Crippen LogP contribution is 2.44. The zero-order chi connectivity index (χ0) is 20.4. The Morgan fingerprint density at radius 3 is 2.37 bits per heavy atom. The zero-order valence-corrected chi connectivity index (χ0v) is 15.4. The van der Waals surface area contributed by atoms with Crippen LogP contribution in [0.4, 0.5) is 24.5 Å². The van der Waals surface area contributed by atoms with Gasteiger partial charge in [0, 0.05) is 20.2 Å². The van der Waals surface area contributed by atoms with Crippen LogP contribution >= 0.6 is 23.2 Å². The van der Waals surface area contributed by atoms with Crippen LogP contribution in [0.5, 0.6) is 11.5 Å². The topological polar surface area (TPSA) is 68.0 Å². The van der Waals surface area contributed by atoms with E-state index in [1.807, 2.05) is 0 Å². The summed E-state index contributed by atoms with van der Waals surface area (Å²) in [6, 6.07) is 4.95. The molecule has 0 radical (unpaired) electrons. The first-order valence-electron chi connectivity index (χ1n) is 7.23. The molecule has 0 N–H and O–H groups in total. The van der Waals surface area contributed by atoms with Gasteiger partial charge in [0.25, 0.3) is 5.69 Å². The summed E-state index contributed by atoms with van der Waals surface area (Å²) in [6.07, 6.45) is -3.24. The predicted octanol–water partition coefficient (Wildman–Crippen LogP) is 5.81. The van der Waals surface area contributed by atoms with Gasteiger partial charge in [-0.3, -0.25) is 15.1 Å². The van der Waals surface area contributed by atoms with E-state index in [4.69, 9.17) is 27.9 Å². The number of hydrogen-bond donors (Lipinski definition) is 0. The molecule has 0 unspecified atom stereocenters. The maximum Gasteiger partial charge on any atom is 0.416 e. The van der Waals surface area contributed by atoms with E-state index >= 15 is 0 Å². The molecule has 2 aromatic rings. The van der Waals surface area contributed by atoms with E-state index in [-0.39, 0.29) is 32.9 Å². The van der Waals surface area contributed by atoms with Gasteiger partial charge in [0.05, 0.1) is 21.8 Å². The third-order valence-electron chi connectivity index (χ3n) is 3.38. The second kappa shape index (κ2) is 8.01. The maximum absolute atomic E-state index is 12.7. The SMILES string of the molecule is CN=CN(C)c1c([N+](=O)[O-])ccc(Oc2ccc(C(F)(F)F)cc2Cl)c1Cl. The molecule has 27 heavy (non-hydrogen) atoms. The first-order valence-corrected chi connectivity index (χ1v) is 7.98. The quantitative estimate of drug-likeness (QED) is 0.264. The van der Waals surface area contributed by atoms with Crippen LogP contribution in [0.15, 0.2) is 35.3 Å².